The van der Waals surface area contributed by atoms with Crippen LogP contribution in [0.4, 0.5) is 5.69 Å². The Bertz CT molecular complexity index is 830. The van der Waals surface area contributed by atoms with Gasteiger partial charge in [-0.15, -0.1) is 11.3 Å². The minimum atomic E-state index is 0.0816. The summed E-state index contributed by atoms with van der Waals surface area (Å²) in [6.07, 6.45) is 0.987. The molecule has 0 saturated carbocycles. The molecule has 2 heterocycles. The minimum absolute atomic E-state index is 0.0816. The second kappa shape index (κ2) is 10.3. The number of hydrogen-bond acceptors (Lipinski definition) is 4. The Balaban J connectivity index is 1.56. The van der Waals surface area contributed by atoms with Gasteiger partial charge in [0, 0.05) is 47.5 Å². The van der Waals surface area contributed by atoms with Gasteiger partial charge < -0.3 is 20.9 Å². The molecule has 1 atom stereocenters. The number of carbonyl (C=O) groups is 1. The molecule has 1 amide bonds. The predicted octanol–water partition coefficient (Wildman–Crippen LogP) is 2.68. The van der Waals surface area contributed by atoms with Crippen molar-refractivity contribution in [3.05, 3.63) is 51.7 Å². The van der Waals surface area contributed by atoms with Crippen LogP contribution in [0.15, 0.2) is 41.4 Å². The molecule has 0 radical (unpaired) electrons. The average Bonchev–Trinajstić information content (AvgIpc) is 3.11. The molecule has 7 heteroatoms. The second-order valence-corrected chi connectivity index (χ2v) is 8.77. The molecule has 1 unspecified atom stereocenters. The van der Waals surface area contributed by atoms with E-state index in [1.807, 2.05) is 11.3 Å². The lowest BCUT2D eigenvalue weighted by molar-refractivity contribution is -0.120. The first kappa shape index (κ1) is 21.2. The number of piperazine rings is 1. The van der Waals surface area contributed by atoms with E-state index in [9.17, 15) is 4.79 Å². The van der Waals surface area contributed by atoms with E-state index >= 15 is 0 Å². The van der Waals surface area contributed by atoms with Crippen LogP contribution in [0.5, 0.6) is 0 Å². The average molecular weight is 414 g/mol. The number of carbonyl (C=O) groups excluding carboxylic acids is 1. The molecule has 3 N–H and O–H groups in total. The van der Waals surface area contributed by atoms with Crippen molar-refractivity contribution >= 4 is 28.9 Å². The molecule has 1 saturated heterocycles. The fourth-order valence-electron chi connectivity index (χ4n) is 3.34. The topological polar surface area (TPSA) is 68.8 Å². The number of benzene rings is 1. The molecule has 1 fully saturated rings. The lowest BCUT2D eigenvalue weighted by Gasteiger charge is -2.28. The third-order valence-electron chi connectivity index (χ3n) is 4.79. The van der Waals surface area contributed by atoms with Crippen molar-refractivity contribution in [1.82, 2.24) is 16.0 Å². The first-order valence-electron chi connectivity index (χ1n) is 10.2. The molecule has 0 aliphatic carbocycles. The predicted molar refractivity (Wildman–Crippen MR) is 122 cm³/mol. The molecule has 1 aliphatic heterocycles. The van der Waals surface area contributed by atoms with Crippen LogP contribution >= 0.6 is 11.3 Å². The summed E-state index contributed by atoms with van der Waals surface area (Å²) in [5.41, 5.74) is 2.23. The summed E-state index contributed by atoms with van der Waals surface area (Å²) in [5.74, 6) is 0.920. The van der Waals surface area contributed by atoms with E-state index in [0.29, 0.717) is 25.7 Å². The summed E-state index contributed by atoms with van der Waals surface area (Å²) >= 11 is 1.85. The van der Waals surface area contributed by atoms with Crippen LogP contribution in [0.2, 0.25) is 0 Å². The highest BCUT2D eigenvalue weighted by atomic mass is 32.1. The highest BCUT2D eigenvalue weighted by molar-refractivity contribution is 7.11. The Morgan fingerprint density at radius 1 is 1.28 bits per heavy atom. The van der Waals surface area contributed by atoms with E-state index in [1.165, 1.54) is 9.75 Å². The van der Waals surface area contributed by atoms with Crippen molar-refractivity contribution in [2.45, 2.75) is 39.8 Å². The van der Waals surface area contributed by atoms with E-state index in [-0.39, 0.29) is 5.91 Å². The highest BCUT2D eigenvalue weighted by Crippen LogP contribution is 2.17. The van der Waals surface area contributed by atoms with E-state index in [0.717, 1.165) is 36.7 Å². The van der Waals surface area contributed by atoms with Gasteiger partial charge in [0.1, 0.15) is 0 Å². The smallest absolute Gasteiger partial charge is 0.239 e. The van der Waals surface area contributed by atoms with Gasteiger partial charge in [0.05, 0.1) is 13.1 Å². The third kappa shape index (κ3) is 6.49. The highest BCUT2D eigenvalue weighted by Gasteiger charge is 2.16. The number of rotatable bonds is 7. The maximum absolute atomic E-state index is 11.6. The zero-order chi connectivity index (χ0) is 20.6. The minimum Gasteiger partial charge on any atom is -0.360 e. The Kier molecular flexibility index (Phi) is 7.52. The first-order chi connectivity index (χ1) is 14.0. The number of guanidine groups is 1. The second-order valence-electron chi connectivity index (χ2n) is 7.39. The van der Waals surface area contributed by atoms with Gasteiger partial charge >= 0.3 is 0 Å². The monoisotopic (exact) mass is 413 g/mol. The van der Waals surface area contributed by atoms with E-state index in [1.54, 1.807) is 0 Å². The Morgan fingerprint density at radius 2 is 2.07 bits per heavy atom. The van der Waals surface area contributed by atoms with Crippen LogP contribution in [0, 0.1) is 6.92 Å². The summed E-state index contributed by atoms with van der Waals surface area (Å²) in [4.78, 5) is 21.2. The number of nitrogens with zero attached hydrogens (tertiary/aromatic N) is 2. The van der Waals surface area contributed by atoms with Crippen LogP contribution in [0.3, 0.4) is 0 Å². The van der Waals surface area contributed by atoms with Gasteiger partial charge in [-0.3, -0.25) is 4.79 Å². The molecule has 1 aliphatic rings. The van der Waals surface area contributed by atoms with Crippen molar-refractivity contribution < 1.29 is 4.79 Å². The molecule has 0 bridgehead atoms. The number of hydrogen-bond donors (Lipinski definition) is 3. The van der Waals surface area contributed by atoms with Gasteiger partial charge in [-0.25, -0.2) is 4.99 Å². The van der Waals surface area contributed by atoms with Crippen LogP contribution in [-0.4, -0.2) is 44.1 Å². The van der Waals surface area contributed by atoms with Crippen molar-refractivity contribution in [1.29, 1.82) is 0 Å². The van der Waals surface area contributed by atoms with Crippen molar-refractivity contribution in [3.63, 3.8) is 0 Å². The molecule has 29 heavy (non-hydrogen) atoms. The van der Waals surface area contributed by atoms with E-state index in [2.05, 4.69) is 78.0 Å². The molecule has 156 valence electrons. The normalized spacial score (nSPS) is 15.8. The lowest BCUT2D eigenvalue weighted by atomic mass is 10.2. The van der Waals surface area contributed by atoms with Crippen LogP contribution < -0.4 is 20.9 Å². The molecule has 6 nitrogen and oxygen atoms in total. The van der Waals surface area contributed by atoms with Gasteiger partial charge in [0.15, 0.2) is 5.96 Å². The molecule has 1 aromatic carbocycles. The summed E-state index contributed by atoms with van der Waals surface area (Å²) in [7, 11) is 0. The number of amides is 1. The van der Waals surface area contributed by atoms with Crippen molar-refractivity contribution in [2.24, 2.45) is 4.99 Å². The summed E-state index contributed by atoms with van der Waals surface area (Å²) in [6.45, 7) is 9.81. The Hall–Kier alpha value is -2.54. The molecule has 0 spiro atoms. The molecular formula is C22H31N5OS. The van der Waals surface area contributed by atoms with Gasteiger partial charge in [-0.2, -0.15) is 0 Å². The maximum Gasteiger partial charge on any atom is 0.239 e. The Labute approximate surface area is 177 Å². The summed E-state index contributed by atoms with van der Waals surface area (Å²) in [5, 5.41) is 9.70. The van der Waals surface area contributed by atoms with Crippen LogP contribution in [0.25, 0.3) is 0 Å². The van der Waals surface area contributed by atoms with Gasteiger partial charge in [0.25, 0.3) is 0 Å². The maximum atomic E-state index is 11.6. The molecule has 2 aromatic rings. The lowest BCUT2D eigenvalue weighted by Crippen LogP contribution is -2.47. The zero-order valence-corrected chi connectivity index (χ0v) is 18.3. The summed E-state index contributed by atoms with van der Waals surface area (Å²) in [6, 6.07) is 13.0. The molecular weight excluding hydrogens is 382 g/mol. The number of anilines is 1. The quantitative estimate of drug-likeness (QED) is 0.482. The zero-order valence-electron chi connectivity index (χ0n) is 17.5. The largest absolute Gasteiger partial charge is 0.360 e. The number of aryl methyl sites for hydroxylation is 1. The van der Waals surface area contributed by atoms with E-state index < -0.39 is 0 Å². The fourth-order valence-corrected chi connectivity index (χ4v) is 4.36. The van der Waals surface area contributed by atoms with Crippen molar-refractivity contribution in [3.8, 4) is 0 Å². The number of nitrogens with one attached hydrogen (secondary N) is 3. The SMILES string of the molecule is CCNC(=NCc1ccc(N2CCNC(=O)C2)cc1)NC(C)Cc1ccc(C)s1. The standard InChI is InChI=1S/C22H31N5OS/c1-4-23-22(26-16(2)13-20-10-5-17(3)29-20)25-14-18-6-8-19(9-7-18)27-12-11-24-21(28)15-27/h5-10,16H,4,11-15H2,1-3H3,(H,24,28)(H2,23,25,26). The van der Waals surface area contributed by atoms with Gasteiger partial charge in [0.2, 0.25) is 5.91 Å². The number of aliphatic imine (C=N–C) groups is 1. The third-order valence-corrected chi connectivity index (χ3v) is 5.81. The summed E-state index contributed by atoms with van der Waals surface area (Å²) < 4.78 is 0. The number of thiophene rings is 1. The molecule has 3 rings (SSSR count). The molecule has 1 aromatic heterocycles. The van der Waals surface area contributed by atoms with Gasteiger partial charge in [-0.05, 0) is 50.6 Å². The fraction of sp³-hybridized carbons (Fsp3) is 0.455. The van der Waals surface area contributed by atoms with Crippen LogP contribution in [-0.2, 0) is 17.8 Å². The van der Waals surface area contributed by atoms with Crippen molar-refractivity contribution in [2.75, 3.05) is 31.1 Å². The van der Waals surface area contributed by atoms with E-state index in [4.69, 9.17) is 4.99 Å². The van der Waals surface area contributed by atoms with Gasteiger partial charge in [-0.1, -0.05) is 12.1 Å². The first-order valence-corrected chi connectivity index (χ1v) is 11.1. The Morgan fingerprint density at radius 3 is 2.72 bits per heavy atom. The van der Waals surface area contributed by atoms with Crippen LogP contribution in [0.1, 0.15) is 29.2 Å².